The fraction of sp³-hybridized carbons (Fsp3) is 0.765. The molecule has 0 spiro atoms. The van der Waals surface area contributed by atoms with Gasteiger partial charge in [0.25, 0.3) is 5.91 Å². The van der Waals surface area contributed by atoms with Crippen LogP contribution in [-0.2, 0) is 23.9 Å². The maximum Gasteiger partial charge on any atom is 0.329 e. The van der Waals surface area contributed by atoms with Crippen molar-refractivity contribution in [2.75, 3.05) is 6.54 Å². The minimum Gasteiger partial charge on any atom is -0.451 e. The highest BCUT2D eigenvalue weighted by molar-refractivity contribution is 6.07. The number of hydrogen-bond donors (Lipinski definition) is 1. The van der Waals surface area contributed by atoms with Crippen molar-refractivity contribution in [1.29, 1.82) is 0 Å². The van der Waals surface area contributed by atoms with Crippen LogP contribution in [0.2, 0.25) is 0 Å². The first kappa shape index (κ1) is 18.4. The summed E-state index contributed by atoms with van der Waals surface area (Å²) in [5, 5.41) is 2.64. The summed E-state index contributed by atoms with van der Waals surface area (Å²) in [6.07, 6.45) is 3.08. The van der Waals surface area contributed by atoms with Crippen molar-refractivity contribution in [2.24, 2.45) is 11.8 Å². The summed E-state index contributed by atoms with van der Waals surface area (Å²) in [5.41, 5.74) is 0. The molecule has 2 fully saturated rings. The third-order valence-corrected chi connectivity index (χ3v) is 4.82. The fourth-order valence-electron chi connectivity index (χ4n) is 3.39. The van der Waals surface area contributed by atoms with E-state index in [2.05, 4.69) is 5.32 Å². The highest BCUT2D eigenvalue weighted by atomic mass is 16.5. The lowest BCUT2D eigenvalue weighted by Gasteiger charge is -2.23. The lowest BCUT2D eigenvalue weighted by Crippen LogP contribution is -2.46. The molecular weight excluding hydrogens is 312 g/mol. The van der Waals surface area contributed by atoms with E-state index in [1.807, 2.05) is 6.92 Å². The fourth-order valence-corrected chi connectivity index (χ4v) is 3.39. The molecule has 4 atom stereocenters. The molecule has 1 aliphatic carbocycles. The van der Waals surface area contributed by atoms with Crippen molar-refractivity contribution in [3.8, 4) is 0 Å². The van der Waals surface area contributed by atoms with Gasteiger partial charge in [0.1, 0.15) is 6.04 Å². The molecule has 134 valence electrons. The number of ether oxygens (including phenoxy) is 1. The van der Waals surface area contributed by atoms with Crippen molar-refractivity contribution in [3.05, 3.63) is 0 Å². The Labute approximate surface area is 142 Å². The maximum atomic E-state index is 12.5. The summed E-state index contributed by atoms with van der Waals surface area (Å²) in [6.45, 7) is 5.38. The average molecular weight is 338 g/mol. The second kappa shape index (κ2) is 7.77. The molecule has 0 radical (unpaired) electrons. The number of fused-ring (bicyclic) bond motifs is 1. The first-order chi connectivity index (χ1) is 11.4. The summed E-state index contributed by atoms with van der Waals surface area (Å²) in [7, 11) is 0. The molecule has 2 aliphatic rings. The van der Waals surface area contributed by atoms with Crippen LogP contribution in [0, 0.1) is 11.8 Å². The van der Waals surface area contributed by atoms with Gasteiger partial charge in [-0.1, -0.05) is 19.8 Å². The first-order valence-electron chi connectivity index (χ1n) is 8.73. The quantitative estimate of drug-likeness (QED) is 0.576. The second-order valence-electron chi connectivity index (χ2n) is 6.59. The summed E-state index contributed by atoms with van der Waals surface area (Å²) >= 11 is 0. The highest BCUT2D eigenvalue weighted by Gasteiger charge is 2.51. The zero-order chi connectivity index (χ0) is 17.9. The van der Waals surface area contributed by atoms with Gasteiger partial charge in [-0.15, -0.1) is 0 Å². The Balaban J connectivity index is 1.98. The van der Waals surface area contributed by atoms with Gasteiger partial charge in [-0.25, -0.2) is 4.79 Å². The standard InChI is InChI=1S/C17H26N2O5/c1-4-9-18-14(20)11(3)24-17(23)10(2)19-15(21)12-7-5-6-8-13(12)16(19)22/h10-13H,4-9H2,1-3H3,(H,18,20)/t10-,11?,12?,13?/m0/s1. The van der Waals surface area contributed by atoms with E-state index < -0.39 is 18.1 Å². The summed E-state index contributed by atoms with van der Waals surface area (Å²) in [5.74, 6) is -2.27. The van der Waals surface area contributed by atoms with Gasteiger partial charge in [0.2, 0.25) is 11.8 Å². The van der Waals surface area contributed by atoms with E-state index in [4.69, 9.17) is 4.74 Å². The van der Waals surface area contributed by atoms with E-state index in [-0.39, 0.29) is 29.6 Å². The number of likely N-dealkylation sites (tertiary alicyclic amines) is 1. The third kappa shape index (κ3) is 3.60. The Morgan fingerprint density at radius 3 is 2.21 bits per heavy atom. The molecule has 24 heavy (non-hydrogen) atoms. The molecule has 1 heterocycles. The molecule has 0 aromatic carbocycles. The van der Waals surface area contributed by atoms with Crippen LogP contribution in [-0.4, -0.2) is 47.3 Å². The molecule has 3 unspecified atom stereocenters. The van der Waals surface area contributed by atoms with Crippen LogP contribution in [0.4, 0.5) is 0 Å². The van der Waals surface area contributed by atoms with Crippen LogP contribution in [0.1, 0.15) is 52.9 Å². The van der Waals surface area contributed by atoms with Crippen molar-refractivity contribution < 1.29 is 23.9 Å². The average Bonchev–Trinajstić information content (AvgIpc) is 2.83. The normalized spacial score (nSPS) is 25.9. The molecule has 1 N–H and O–H groups in total. The van der Waals surface area contributed by atoms with Crippen molar-refractivity contribution >= 4 is 23.7 Å². The van der Waals surface area contributed by atoms with E-state index in [0.717, 1.165) is 24.2 Å². The van der Waals surface area contributed by atoms with Crippen molar-refractivity contribution in [1.82, 2.24) is 10.2 Å². The minimum atomic E-state index is -1.00. The number of esters is 1. The molecule has 7 heteroatoms. The van der Waals surface area contributed by atoms with E-state index in [1.54, 1.807) is 0 Å². The number of hydrogen-bond acceptors (Lipinski definition) is 5. The Bertz CT molecular complexity index is 509. The monoisotopic (exact) mass is 338 g/mol. The van der Waals surface area contributed by atoms with Gasteiger partial charge in [-0.3, -0.25) is 19.3 Å². The predicted octanol–water partition coefficient (Wildman–Crippen LogP) is 1.01. The van der Waals surface area contributed by atoms with E-state index in [9.17, 15) is 19.2 Å². The Kier molecular flexibility index (Phi) is 5.96. The summed E-state index contributed by atoms with van der Waals surface area (Å²) in [6, 6.07) is -1.00. The zero-order valence-corrected chi connectivity index (χ0v) is 14.5. The van der Waals surface area contributed by atoms with E-state index in [0.29, 0.717) is 19.4 Å². The maximum absolute atomic E-state index is 12.5. The van der Waals surface area contributed by atoms with Gasteiger partial charge in [-0.05, 0) is 33.1 Å². The number of carbonyl (C=O) groups excluding carboxylic acids is 4. The van der Waals surface area contributed by atoms with Crippen molar-refractivity contribution in [2.45, 2.75) is 65.0 Å². The second-order valence-corrected chi connectivity index (χ2v) is 6.59. The molecule has 0 bridgehead atoms. The first-order valence-corrected chi connectivity index (χ1v) is 8.73. The number of rotatable bonds is 6. The van der Waals surface area contributed by atoms with Crippen molar-refractivity contribution in [3.63, 3.8) is 0 Å². The third-order valence-electron chi connectivity index (χ3n) is 4.82. The molecule has 2 rings (SSSR count). The Morgan fingerprint density at radius 2 is 1.71 bits per heavy atom. The van der Waals surface area contributed by atoms with Gasteiger partial charge >= 0.3 is 5.97 Å². The molecule has 1 aliphatic heterocycles. The molecule has 0 aromatic heterocycles. The molecular formula is C17H26N2O5. The van der Waals surface area contributed by atoms with Crippen LogP contribution >= 0.6 is 0 Å². The van der Waals surface area contributed by atoms with Gasteiger partial charge < -0.3 is 10.1 Å². The lowest BCUT2D eigenvalue weighted by molar-refractivity contribution is -0.164. The summed E-state index contributed by atoms with van der Waals surface area (Å²) in [4.78, 5) is 50.0. The van der Waals surface area contributed by atoms with Crippen LogP contribution < -0.4 is 5.32 Å². The van der Waals surface area contributed by atoms with Crippen LogP contribution in [0.15, 0.2) is 0 Å². The van der Waals surface area contributed by atoms with Gasteiger partial charge in [-0.2, -0.15) is 0 Å². The minimum absolute atomic E-state index is 0.280. The van der Waals surface area contributed by atoms with Crippen LogP contribution in [0.25, 0.3) is 0 Å². The molecule has 7 nitrogen and oxygen atoms in total. The van der Waals surface area contributed by atoms with Gasteiger partial charge in [0.05, 0.1) is 11.8 Å². The molecule has 1 saturated heterocycles. The number of imide groups is 1. The van der Waals surface area contributed by atoms with Gasteiger partial charge in [0.15, 0.2) is 6.10 Å². The predicted molar refractivity (Wildman–Crippen MR) is 85.6 cm³/mol. The lowest BCUT2D eigenvalue weighted by atomic mass is 9.81. The number of carbonyl (C=O) groups is 4. The summed E-state index contributed by atoms with van der Waals surface area (Å²) < 4.78 is 5.14. The number of nitrogens with one attached hydrogen (secondary N) is 1. The molecule has 3 amide bonds. The SMILES string of the molecule is CCCNC(=O)C(C)OC(=O)[C@H](C)N1C(=O)C2CCCCC2C1=O. The Hall–Kier alpha value is -1.92. The molecule has 0 aromatic rings. The zero-order valence-electron chi connectivity index (χ0n) is 14.5. The highest BCUT2D eigenvalue weighted by Crippen LogP contribution is 2.38. The van der Waals surface area contributed by atoms with E-state index in [1.165, 1.54) is 13.8 Å². The van der Waals surface area contributed by atoms with Crippen LogP contribution in [0.3, 0.4) is 0 Å². The number of amides is 3. The van der Waals surface area contributed by atoms with Gasteiger partial charge in [0, 0.05) is 6.54 Å². The molecule has 1 saturated carbocycles. The Morgan fingerprint density at radius 1 is 1.17 bits per heavy atom. The largest absolute Gasteiger partial charge is 0.451 e. The van der Waals surface area contributed by atoms with E-state index >= 15 is 0 Å². The number of nitrogens with zero attached hydrogens (tertiary/aromatic N) is 1. The smallest absolute Gasteiger partial charge is 0.329 e. The topological polar surface area (TPSA) is 92.8 Å². The van der Waals surface area contributed by atoms with Crippen LogP contribution in [0.5, 0.6) is 0 Å².